The Labute approximate surface area is 267 Å². The lowest BCUT2D eigenvalue weighted by molar-refractivity contribution is -0.385. The van der Waals surface area contributed by atoms with Crippen LogP contribution in [0.15, 0.2) is 48.5 Å². The van der Waals surface area contributed by atoms with Crippen LogP contribution in [-0.2, 0) is 23.2 Å². The van der Waals surface area contributed by atoms with Gasteiger partial charge >= 0.3 is 27.7 Å². The molecular formula is C26H40B2N5O12P. The largest absolute Gasteiger partial charge is 0.481 e. The number of non-ortho nitro benzene ring substituents is 2. The first-order valence-electron chi connectivity index (χ1n) is 14.3. The number of benzene rings is 2. The Morgan fingerprint density at radius 2 is 1.30 bits per heavy atom. The summed E-state index contributed by atoms with van der Waals surface area (Å²) in [5.74, 6) is -1.43. The van der Waals surface area contributed by atoms with Crippen molar-refractivity contribution in [1.29, 1.82) is 0 Å². The first kappa shape index (κ1) is 40.3. The van der Waals surface area contributed by atoms with E-state index >= 15 is 0 Å². The van der Waals surface area contributed by atoms with Crippen molar-refractivity contribution in [2.75, 3.05) is 25.9 Å². The number of carbonyl (C=O) groups excluding carboxylic acids is 1. The highest BCUT2D eigenvalue weighted by Gasteiger charge is 2.25. The second kappa shape index (κ2) is 20.4. The SMILES string of the molecule is CB(O)N[C@@H](CC(=O)O)c1cccc([N+](=O)[O-])c1.CCOP(=O)(CCNC(=O)C[C@H](NB(C)O)c1cccc([N+](=O)[O-])c1)OCC. The summed E-state index contributed by atoms with van der Waals surface area (Å²) >= 11 is 0. The molecule has 2 rings (SSSR count). The van der Waals surface area contributed by atoms with Gasteiger partial charge in [0, 0.05) is 49.3 Å². The van der Waals surface area contributed by atoms with E-state index in [0.717, 1.165) is 0 Å². The number of nitrogens with one attached hydrogen (secondary N) is 3. The van der Waals surface area contributed by atoms with E-state index in [1.54, 1.807) is 26.0 Å². The second-order valence-corrected chi connectivity index (χ2v) is 12.0. The topological polar surface area (TPSA) is 253 Å². The Morgan fingerprint density at radius 1 is 0.870 bits per heavy atom. The van der Waals surface area contributed by atoms with Gasteiger partial charge in [0.25, 0.3) is 11.4 Å². The number of hydrogen-bond acceptors (Lipinski definition) is 13. The molecule has 0 spiro atoms. The maximum absolute atomic E-state index is 12.4. The first-order chi connectivity index (χ1) is 21.6. The molecule has 0 unspecified atom stereocenters. The molecule has 252 valence electrons. The molecule has 0 aliphatic rings. The molecule has 0 aromatic heterocycles. The van der Waals surface area contributed by atoms with Crippen molar-refractivity contribution in [2.45, 2.75) is 52.4 Å². The summed E-state index contributed by atoms with van der Waals surface area (Å²) in [6.07, 6.45) is -0.308. The number of carboxylic acids is 1. The molecule has 0 aliphatic carbocycles. The predicted molar refractivity (Wildman–Crippen MR) is 171 cm³/mol. The zero-order valence-corrected chi connectivity index (χ0v) is 26.9. The predicted octanol–water partition coefficient (Wildman–Crippen LogP) is 2.92. The van der Waals surface area contributed by atoms with Crippen LogP contribution in [0.4, 0.5) is 11.4 Å². The molecule has 2 aromatic rings. The molecule has 2 aromatic carbocycles. The van der Waals surface area contributed by atoms with E-state index in [0.29, 0.717) is 11.1 Å². The monoisotopic (exact) mass is 667 g/mol. The fourth-order valence-electron chi connectivity index (χ4n) is 4.16. The molecule has 0 radical (unpaired) electrons. The molecule has 6 N–H and O–H groups in total. The van der Waals surface area contributed by atoms with E-state index in [2.05, 4.69) is 15.8 Å². The molecule has 17 nitrogen and oxygen atoms in total. The van der Waals surface area contributed by atoms with Crippen molar-refractivity contribution >= 4 is 44.9 Å². The molecule has 1 amide bonds. The van der Waals surface area contributed by atoms with Gasteiger partial charge in [-0.05, 0) is 38.6 Å². The quantitative estimate of drug-likeness (QED) is 0.0545. The van der Waals surface area contributed by atoms with Crippen molar-refractivity contribution in [1.82, 2.24) is 15.8 Å². The molecule has 0 bridgehead atoms. The second-order valence-electron chi connectivity index (χ2n) is 9.82. The zero-order valence-electron chi connectivity index (χ0n) is 26.0. The third kappa shape index (κ3) is 15.5. The van der Waals surface area contributed by atoms with Gasteiger partial charge in [0.15, 0.2) is 0 Å². The van der Waals surface area contributed by atoms with Crippen LogP contribution >= 0.6 is 7.60 Å². The van der Waals surface area contributed by atoms with Crippen molar-refractivity contribution in [3.05, 3.63) is 79.9 Å². The van der Waals surface area contributed by atoms with Gasteiger partial charge in [-0.15, -0.1) is 0 Å². The number of carbonyl (C=O) groups is 2. The molecule has 2 atom stereocenters. The summed E-state index contributed by atoms with van der Waals surface area (Å²) in [6.45, 7) is 6.91. The van der Waals surface area contributed by atoms with Gasteiger partial charge in [-0.3, -0.25) is 34.4 Å². The van der Waals surface area contributed by atoms with Gasteiger partial charge in [0.2, 0.25) is 5.91 Å². The average Bonchev–Trinajstić information content (AvgIpc) is 2.96. The molecule has 0 saturated carbocycles. The maximum Gasteiger partial charge on any atom is 0.374 e. The zero-order chi connectivity index (χ0) is 34.9. The van der Waals surface area contributed by atoms with E-state index in [1.165, 1.54) is 50.0 Å². The van der Waals surface area contributed by atoms with E-state index in [4.69, 9.17) is 14.2 Å². The number of hydrogen-bond donors (Lipinski definition) is 6. The summed E-state index contributed by atoms with van der Waals surface area (Å²) in [6, 6.07) is 10.2. The van der Waals surface area contributed by atoms with Crippen LogP contribution in [0.25, 0.3) is 0 Å². The average molecular weight is 667 g/mol. The third-order valence-electron chi connectivity index (χ3n) is 5.98. The summed E-state index contributed by atoms with van der Waals surface area (Å²) in [5.41, 5.74) is 0.729. The fraction of sp³-hybridized carbons (Fsp3) is 0.462. The minimum atomic E-state index is -3.25. The third-order valence-corrected chi connectivity index (χ3v) is 8.05. The van der Waals surface area contributed by atoms with Crippen molar-refractivity contribution in [3.8, 4) is 0 Å². The highest BCUT2D eigenvalue weighted by atomic mass is 31.2. The smallest absolute Gasteiger partial charge is 0.374 e. The van der Waals surface area contributed by atoms with Crippen molar-refractivity contribution in [3.63, 3.8) is 0 Å². The molecule has 0 aliphatic heterocycles. The Morgan fingerprint density at radius 3 is 1.67 bits per heavy atom. The Kier molecular flexibility index (Phi) is 17.9. The number of rotatable bonds is 19. The van der Waals surface area contributed by atoms with Crippen LogP contribution in [0.2, 0.25) is 13.6 Å². The maximum atomic E-state index is 12.4. The lowest BCUT2D eigenvalue weighted by Gasteiger charge is -2.20. The molecule has 20 heteroatoms. The standard InChI is InChI=1S/C16H27BN3O7P.C10H13BN2O5/c1-4-26-28(25,27-5-2)10-9-18-16(21)12-15(19-17(3)22)13-7-6-8-14(11-13)20(23)24;1-11(16)12-9(6-10(14)15)7-3-2-4-8(5-7)13(17)18/h6-8,11,15,19,22H,4-5,9-10,12H2,1-3H3,(H,18,21);2-5,9,12,16H,6H2,1H3,(H,14,15)/t15-;9-/m00/s1. The lowest BCUT2D eigenvalue weighted by Crippen LogP contribution is -2.38. The van der Waals surface area contributed by atoms with Gasteiger partial charge in [0.1, 0.15) is 0 Å². The lowest BCUT2D eigenvalue weighted by atomic mass is 9.85. The van der Waals surface area contributed by atoms with E-state index in [-0.39, 0.29) is 56.0 Å². The summed E-state index contributed by atoms with van der Waals surface area (Å²) in [4.78, 5) is 43.5. The van der Waals surface area contributed by atoms with Crippen LogP contribution in [0.1, 0.15) is 49.9 Å². The molecule has 0 fully saturated rings. The highest BCUT2D eigenvalue weighted by Crippen LogP contribution is 2.47. The van der Waals surface area contributed by atoms with E-state index < -0.39 is 49.6 Å². The van der Waals surface area contributed by atoms with Gasteiger partial charge in [-0.2, -0.15) is 0 Å². The first-order valence-corrected chi connectivity index (χ1v) is 16.1. The number of nitrogens with zero attached hydrogens (tertiary/aromatic N) is 2. The molecule has 0 heterocycles. The van der Waals surface area contributed by atoms with Gasteiger partial charge in [-0.25, -0.2) is 0 Å². The van der Waals surface area contributed by atoms with Crippen LogP contribution in [0.5, 0.6) is 0 Å². The van der Waals surface area contributed by atoms with Gasteiger partial charge in [0.05, 0.1) is 35.6 Å². The van der Waals surface area contributed by atoms with Crippen molar-refractivity contribution in [2.24, 2.45) is 0 Å². The van der Waals surface area contributed by atoms with Crippen LogP contribution in [-0.4, -0.2) is 76.9 Å². The number of aliphatic carboxylic acids is 1. The molecule has 0 saturated heterocycles. The molecule has 46 heavy (non-hydrogen) atoms. The number of nitro benzene ring substituents is 2. The van der Waals surface area contributed by atoms with Crippen molar-refractivity contribution < 1.29 is 48.2 Å². The van der Waals surface area contributed by atoms with Gasteiger partial charge in [-0.1, -0.05) is 24.3 Å². The summed E-state index contributed by atoms with van der Waals surface area (Å²) in [5, 5.41) is 57.3. The van der Waals surface area contributed by atoms with Crippen LogP contribution < -0.4 is 15.8 Å². The number of carboxylic acid groups (broad SMARTS) is 1. The minimum Gasteiger partial charge on any atom is -0.481 e. The summed E-state index contributed by atoms with van der Waals surface area (Å²) < 4.78 is 22.7. The van der Waals surface area contributed by atoms with Crippen LogP contribution in [0.3, 0.4) is 0 Å². The van der Waals surface area contributed by atoms with E-state index in [1.807, 2.05) is 0 Å². The Hall–Kier alpha value is -3.70. The van der Waals surface area contributed by atoms with E-state index in [9.17, 15) is 44.4 Å². The Bertz CT molecular complexity index is 1340. The Balaban J connectivity index is 0.000000506. The number of nitro groups is 2. The summed E-state index contributed by atoms with van der Waals surface area (Å²) in [7, 11) is -5.08. The van der Waals surface area contributed by atoms with Gasteiger partial charge < -0.3 is 40.0 Å². The fourth-order valence-corrected chi connectivity index (χ4v) is 5.67. The van der Waals surface area contributed by atoms with Crippen LogP contribution in [0, 0.1) is 20.2 Å². The number of amides is 1. The normalized spacial score (nSPS) is 12.2. The molecular weight excluding hydrogens is 627 g/mol. The minimum absolute atomic E-state index is 0.0335. The highest BCUT2D eigenvalue weighted by molar-refractivity contribution is 7.53.